The van der Waals surface area contributed by atoms with Gasteiger partial charge in [0.05, 0.1) is 23.1 Å². The van der Waals surface area contributed by atoms with Gasteiger partial charge in [-0.25, -0.2) is 9.99 Å². The molecule has 0 saturated heterocycles. The number of furan rings is 1. The second-order valence-corrected chi connectivity index (χ2v) is 9.49. The van der Waals surface area contributed by atoms with Crippen molar-refractivity contribution in [2.24, 2.45) is 12.1 Å². The first-order valence-corrected chi connectivity index (χ1v) is 12.0. The number of carbonyl (C=O) groups is 1. The molecule has 7 nitrogen and oxygen atoms in total. The average molecular weight is 485 g/mol. The van der Waals surface area contributed by atoms with E-state index in [1.165, 1.54) is 32.7 Å². The van der Waals surface area contributed by atoms with Crippen LogP contribution in [0, 0.1) is 0 Å². The normalized spacial score (nSPS) is 16.0. The van der Waals surface area contributed by atoms with Gasteiger partial charge < -0.3 is 4.42 Å². The summed E-state index contributed by atoms with van der Waals surface area (Å²) in [6.45, 7) is 0. The Labute approximate surface area is 196 Å². The number of hydrazone groups is 1. The van der Waals surface area contributed by atoms with Gasteiger partial charge in [-0.1, -0.05) is 35.5 Å². The van der Waals surface area contributed by atoms with Crippen molar-refractivity contribution in [2.45, 2.75) is 17.6 Å². The van der Waals surface area contributed by atoms with Crippen molar-refractivity contribution in [3.63, 3.8) is 0 Å². The summed E-state index contributed by atoms with van der Waals surface area (Å²) in [5.74, 6) is 0.564. The summed E-state index contributed by atoms with van der Waals surface area (Å²) < 4.78 is 7.06. The molecule has 0 aliphatic carbocycles. The molecule has 1 atom stereocenters. The van der Waals surface area contributed by atoms with Crippen LogP contribution < -0.4 is 5.56 Å². The Bertz CT molecular complexity index is 1380. The highest BCUT2D eigenvalue weighted by Gasteiger charge is 2.34. The Kier molecular flexibility index (Phi) is 5.62. The fraction of sp³-hybridized carbons (Fsp3) is 0.182. The van der Waals surface area contributed by atoms with Crippen LogP contribution in [0.15, 0.2) is 73.6 Å². The van der Waals surface area contributed by atoms with Crippen LogP contribution in [0.4, 0.5) is 0 Å². The molecule has 1 aliphatic rings. The van der Waals surface area contributed by atoms with Crippen molar-refractivity contribution < 1.29 is 9.21 Å². The number of carbonyl (C=O) groups excluding carboxylic acids is 1. The predicted molar refractivity (Wildman–Crippen MR) is 126 cm³/mol. The third kappa shape index (κ3) is 3.87. The number of benzene rings is 1. The summed E-state index contributed by atoms with van der Waals surface area (Å²) >= 11 is 8.64. The molecule has 0 fully saturated rings. The van der Waals surface area contributed by atoms with Crippen LogP contribution in [0.2, 0.25) is 5.02 Å². The standard InChI is InChI=1S/C22H17ClN4O3S2/c1-26-21(29)15-8-10-31-20(15)24-22(26)32-12-19(28)27-17(18-3-2-9-30-18)11-16(25-27)13-4-6-14(23)7-5-13/h2-10,17H,11-12H2,1H3. The van der Waals surface area contributed by atoms with E-state index in [2.05, 4.69) is 10.1 Å². The molecule has 162 valence electrons. The van der Waals surface area contributed by atoms with Crippen LogP contribution in [-0.4, -0.2) is 31.9 Å². The minimum atomic E-state index is -0.333. The Hall–Kier alpha value is -2.88. The Morgan fingerprint density at radius 1 is 1.28 bits per heavy atom. The molecular formula is C22H17ClN4O3S2. The van der Waals surface area contributed by atoms with Gasteiger partial charge in [-0.2, -0.15) is 5.10 Å². The number of nitrogens with zero attached hydrogens (tertiary/aromatic N) is 4. The van der Waals surface area contributed by atoms with Gasteiger partial charge in [0.2, 0.25) is 0 Å². The third-order valence-electron chi connectivity index (χ3n) is 5.20. The zero-order chi connectivity index (χ0) is 22.2. The fourth-order valence-electron chi connectivity index (χ4n) is 3.56. The quantitative estimate of drug-likeness (QED) is 0.302. The second-order valence-electron chi connectivity index (χ2n) is 7.21. The van der Waals surface area contributed by atoms with E-state index in [9.17, 15) is 9.59 Å². The lowest BCUT2D eigenvalue weighted by molar-refractivity contribution is -0.130. The van der Waals surface area contributed by atoms with Crippen molar-refractivity contribution >= 4 is 56.5 Å². The molecule has 0 radical (unpaired) electrons. The Morgan fingerprint density at radius 2 is 2.09 bits per heavy atom. The monoisotopic (exact) mass is 484 g/mol. The van der Waals surface area contributed by atoms with E-state index in [0.717, 1.165) is 11.3 Å². The van der Waals surface area contributed by atoms with Crippen LogP contribution in [0.3, 0.4) is 0 Å². The molecule has 0 saturated carbocycles. The molecule has 1 aliphatic heterocycles. The van der Waals surface area contributed by atoms with Crippen LogP contribution in [0.5, 0.6) is 0 Å². The zero-order valence-electron chi connectivity index (χ0n) is 16.9. The lowest BCUT2D eigenvalue weighted by atomic mass is 10.0. The lowest BCUT2D eigenvalue weighted by Gasteiger charge is -2.19. The van der Waals surface area contributed by atoms with Crippen LogP contribution in [0.1, 0.15) is 23.8 Å². The van der Waals surface area contributed by atoms with Crippen LogP contribution in [-0.2, 0) is 11.8 Å². The van der Waals surface area contributed by atoms with Gasteiger partial charge in [-0.15, -0.1) is 11.3 Å². The number of hydrogen-bond donors (Lipinski definition) is 0. The van der Waals surface area contributed by atoms with Crippen molar-refractivity contribution in [1.82, 2.24) is 14.6 Å². The maximum atomic E-state index is 13.2. The van der Waals surface area contributed by atoms with E-state index in [-0.39, 0.29) is 23.3 Å². The number of halogens is 1. The molecule has 32 heavy (non-hydrogen) atoms. The van der Waals surface area contributed by atoms with Crippen molar-refractivity contribution in [1.29, 1.82) is 0 Å². The Morgan fingerprint density at radius 3 is 2.84 bits per heavy atom. The highest BCUT2D eigenvalue weighted by molar-refractivity contribution is 7.99. The van der Waals surface area contributed by atoms with Crippen molar-refractivity contribution in [2.75, 3.05) is 5.75 Å². The van der Waals surface area contributed by atoms with Crippen LogP contribution >= 0.6 is 34.7 Å². The summed E-state index contributed by atoms with van der Waals surface area (Å²) in [4.78, 5) is 30.9. The molecule has 1 unspecified atom stereocenters. The predicted octanol–water partition coefficient (Wildman–Crippen LogP) is 4.71. The summed E-state index contributed by atoms with van der Waals surface area (Å²) in [5.41, 5.74) is 1.57. The van der Waals surface area contributed by atoms with Gasteiger partial charge in [-0.3, -0.25) is 14.2 Å². The first-order valence-electron chi connectivity index (χ1n) is 9.77. The average Bonchev–Trinajstić information content (AvgIpc) is 3.55. The summed E-state index contributed by atoms with van der Waals surface area (Å²) in [6, 6.07) is 12.4. The number of thioether (sulfide) groups is 1. The largest absolute Gasteiger partial charge is 0.467 e. The number of amides is 1. The molecule has 4 aromatic rings. The van der Waals surface area contributed by atoms with Gasteiger partial charge in [0.25, 0.3) is 11.5 Å². The number of thiophene rings is 1. The van der Waals surface area contributed by atoms with Gasteiger partial charge in [-0.05, 0) is 41.3 Å². The Balaban J connectivity index is 1.40. The second kappa shape index (κ2) is 8.57. The number of fused-ring (bicyclic) bond motifs is 1. The van der Waals surface area contributed by atoms with Gasteiger partial charge in [0.15, 0.2) is 5.16 Å². The molecule has 1 aromatic carbocycles. The lowest BCUT2D eigenvalue weighted by Crippen LogP contribution is -2.29. The first-order chi connectivity index (χ1) is 15.5. The topological polar surface area (TPSA) is 80.7 Å². The minimum absolute atomic E-state index is 0.0891. The third-order valence-corrected chi connectivity index (χ3v) is 7.28. The van der Waals surface area contributed by atoms with E-state index < -0.39 is 0 Å². The summed E-state index contributed by atoms with van der Waals surface area (Å²) in [7, 11) is 1.66. The van der Waals surface area contributed by atoms with E-state index >= 15 is 0 Å². The van der Waals surface area contributed by atoms with Crippen LogP contribution in [0.25, 0.3) is 10.2 Å². The van der Waals surface area contributed by atoms with E-state index in [4.69, 9.17) is 16.0 Å². The maximum absolute atomic E-state index is 13.2. The molecule has 1 amide bonds. The first kappa shape index (κ1) is 21.0. The number of rotatable bonds is 5. The fourth-order valence-corrected chi connectivity index (χ4v) is 5.32. The zero-order valence-corrected chi connectivity index (χ0v) is 19.3. The molecule has 3 aromatic heterocycles. The molecule has 0 N–H and O–H groups in total. The molecule has 10 heteroatoms. The van der Waals surface area contributed by atoms with E-state index in [1.54, 1.807) is 37.6 Å². The summed E-state index contributed by atoms with van der Waals surface area (Å²) in [5, 5.41) is 9.64. The van der Waals surface area contributed by atoms with Crippen molar-refractivity contribution in [3.8, 4) is 0 Å². The van der Waals surface area contributed by atoms with Gasteiger partial charge >= 0.3 is 0 Å². The number of hydrogen-bond acceptors (Lipinski definition) is 7. The minimum Gasteiger partial charge on any atom is -0.467 e. The SMILES string of the molecule is Cn1c(SCC(=O)N2N=C(c3ccc(Cl)cc3)CC2c2ccco2)nc2sccc2c1=O. The highest BCUT2D eigenvalue weighted by atomic mass is 35.5. The van der Waals surface area contributed by atoms with E-state index in [1.807, 2.05) is 23.6 Å². The molecule has 0 bridgehead atoms. The van der Waals surface area contributed by atoms with Crippen molar-refractivity contribution in [3.05, 3.63) is 80.8 Å². The van der Waals surface area contributed by atoms with E-state index in [0.29, 0.717) is 32.6 Å². The summed E-state index contributed by atoms with van der Waals surface area (Å²) in [6.07, 6.45) is 2.12. The number of aromatic nitrogens is 2. The highest BCUT2D eigenvalue weighted by Crippen LogP contribution is 2.34. The molecule has 4 heterocycles. The molecule has 5 rings (SSSR count). The maximum Gasteiger partial charge on any atom is 0.262 e. The molecular weight excluding hydrogens is 468 g/mol. The smallest absolute Gasteiger partial charge is 0.262 e. The van der Waals surface area contributed by atoms with Gasteiger partial charge in [0.1, 0.15) is 16.6 Å². The molecule has 0 spiro atoms. The van der Waals surface area contributed by atoms with Gasteiger partial charge in [0, 0.05) is 18.5 Å².